The molecule has 0 aliphatic rings. The van der Waals surface area contributed by atoms with Crippen LogP contribution in [0.4, 0.5) is 11.4 Å². The van der Waals surface area contributed by atoms with E-state index in [1.165, 1.54) is 42.6 Å². The summed E-state index contributed by atoms with van der Waals surface area (Å²) >= 11 is 6.02. The van der Waals surface area contributed by atoms with Crippen molar-refractivity contribution in [3.05, 3.63) is 47.5 Å². The Kier molecular flexibility index (Phi) is 5.92. The zero-order valence-corrected chi connectivity index (χ0v) is 15.7. The third-order valence-corrected chi connectivity index (χ3v) is 5.60. The summed E-state index contributed by atoms with van der Waals surface area (Å²) in [5.74, 6) is 0.180. The molecule has 0 unspecified atom stereocenters. The third kappa shape index (κ3) is 4.24. The van der Waals surface area contributed by atoms with Crippen LogP contribution in [0.25, 0.3) is 0 Å². The first-order valence-electron chi connectivity index (χ1n) is 7.53. The lowest BCUT2D eigenvalue weighted by molar-refractivity contribution is -0.114. The number of sulfonamides is 1. The van der Waals surface area contributed by atoms with E-state index in [0.717, 1.165) is 0 Å². The van der Waals surface area contributed by atoms with E-state index in [1.54, 1.807) is 25.1 Å². The second-order valence-electron chi connectivity index (χ2n) is 5.19. The number of ether oxygens (including phenoxy) is 1. The molecule has 0 spiro atoms. The zero-order valence-electron chi connectivity index (χ0n) is 14.1. The zero-order chi connectivity index (χ0) is 18.6. The van der Waals surface area contributed by atoms with E-state index in [1.807, 2.05) is 0 Å². The van der Waals surface area contributed by atoms with Gasteiger partial charge in [-0.2, -0.15) is 0 Å². The number of rotatable bonds is 6. The normalized spacial score (nSPS) is 11.0. The molecule has 2 aromatic carbocycles. The highest BCUT2D eigenvalue weighted by atomic mass is 35.5. The smallest absolute Gasteiger partial charge is 0.264 e. The van der Waals surface area contributed by atoms with Gasteiger partial charge < -0.3 is 10.1 Å². The van der Waals surface area contributed by atoms with Gasteiger partial charge in [0, 0.05) is 24.2 Å². The molecule has 0 aliphatic carbocycles. The molecule has 0 aliphatic heterocycles. The predicted molar refractivity (Wildman–Crippen MR) is 99.0 cm³/mol. The van der Waals surface area contributed by atoms with Crippen molar-refractivity contribution >= 4 is 38.9 Å². The third-order valence-electron chi connectivity index (χ3n) is 3.46. The number of methoxy groups -OCH3 is 1. The summed E-state index contributed by atoms with van der Waals surface area (Å²) in [6.07, 6.45) is 0. The van der Waals surface area contributed by atoms with Crippen molar-refractivity contribution in [2.24, 2.45) is 0 Å². The number of anilines is 2. The van der Waals surface area contributed by atoms with Crippen LogP contribution >= 0.6 is 11.6 Å². The molecule has 0 radical (unpaired) electrons. The molecule has 6 nitrogen and oxygen atoms in total. The highest BCUT2D eigenvalue weighted by molar-refractivity contribution is 7.92. The van der Waals surface area contributed by atoms with Crippen LogP contribution < -0.4 is 14.4 Å². The standard InChI is InChI=1S/C17H19ClN2O4S/c1-4-20(16-11-13(18)5-10-17(16)24-3)25(22,23)15-8-6-14(7-9-15)19-12(2)21/h5-11H,4H2,1-3H3,(H,19,21). The quantitative estimate of drug-likeness (QED) is 0.829. The average Bonchev–Trinajstić information content (AvgIpc) is 2.55. The minimum atomic E-state index is -3.82. The first kappa shape index (κ1) is 19.1. The topological polar surface area (TPSA) is 75.7 Å². The number of amides is 1. The fourth-order valence-corrected chi connectivity index (χ4v) is 4.01. The molecule has 0 heterocycles. The van der Waals surface area contributed by atoms with Gasteiger partial charge in [-0.1, -0.05) is 11.6 Å². The molecule has 0 saturated heterocycles. The van der Waals surface area contributed by atoms with Crippen molar-refractivity contribution in [1.29, 1.82) is 0 Å². The van der Waals surface area contributed by atoms with Crippen LogP contribution in [0.5, 0.6) is 5.75 Å². The molecule has 134 valence electrons. The Hall–Kier alpha value is -2.25. The molecular weight excluding hydrogens is 364 g/mol. The minimum Gasteiger partial charge on any atom is -0.495 e. The summed E-state index contributed by atoms with van der Waals surface area (Å²) in [6, 6.07) is 10.8. The van der Waals surface area contributed by atoms with Crippen molar-refractivity contribution in [3.8, 4) is 5.75 Å². The van der Waals surface area contributed by atoms with Gasteiger partial charge in [0.1, 0.15) is 5.75 Å². The monoisotopic (exact) mass is 382 g/mol. The molecule has 1 N–H and O–H groups in total. The Morgan fingerprint density at radius 1 is 1.20 bits per heavy atom. The second-order valence-corrected chi connectivity index (χ2v) is 7.49. The lowest BCUT2D eigenvalue weighted by Gasteiger charge is -2.25. The molecule has 25 heavy (non-hydrogen) atoms. The van der Waals surface area contributed by atoms with Crippen molar-refractivity contribution < 1.29 is 17.9 Å². The first-order chi connectivity index (χ1) is 11.8. The Bertz CT molecular complexity index is 867. The number of hydrogen-bond acceptors (Lipinski definition) is 4. The molecule has 0 bridgehead atoms. The van der Waals surface area contributed by atoms with Crippen LogP contribution in [0, 0.1) is 0 Å². The Labute approximate surface area is 152 Å². The van der Waals surface area contributed by atoms with Gasteiger partial charge in [-0.15, -0.1) is 0 Å². The maximum Gasteiger partial charge on any atom is 0.264 e. The SMILES string of the molecule is CCN(c1cc(Cl)ccc1OC)S(=O)(=O)c1ccc(NC(C)=O)cc1. The number of halogens is 1. The predicted octanol–water partition coefficient (Wildman–Crippen LogP) is 3.52. The number of carbonyl (C=O) groups excluding carboxylic acids is 1. The highest BCUT2D eigenvalue weighted by Crippen LogP contribution is 2.34. The fourth-order valence-electron chi connectivity index (χ4n) is 2.37. The van der Waals surface area contributed by atoms with Crippen molar-refractivity contribution in [2.45, 2.75) is 18.7 Å². The van der Waals surface area contributed by atoms with Crippen LogP contribution in [0.2, 0.25) is 5.02 Å². The molecule has 1 amide bonds. The molecule has 8 heteroatoms. The minimum absolute atomic E-state index is 0.102. The summed E-state index contributed by atoms with van der Waals surface area (Å²) < 4.78 is 32.5. The lowest BCUT2D eigenvalue weighted by atomic mass is 10.3. The average molecular weight is 383 g/mol. The van der Waals surface area contributed by atoms with E-state index in [4.69, 9.17) is 16.3 Å². The van der Waals surface area contributed by atoms with Gasteiger partial charge in [0.05, 0.1) is 17.7 Å². The van der Waals surface area contributed by atoms with Crippen LogP contribution in [-0.4, -0.2) is 28.0 Å². The summed E-state index contributed by atoms with van der Waals surface area (Å²) in [5, 5.41) is 3.01. The summed E-state index contributed by atoms with van der Waals surface area (Å²) in [5.41, 5.74) is 0.887. The highest BCUT2D eigenvalue weighted by Gasteiger charge is 2.26. The largest absolute Gasteiger partial charge is 0.495 e. The van der Waals surface area contributed by atoms with E-state index in [-0.39, 0.29) is 17.3 Å². The van der Waals surface area contributed by atoms with Crippen molar-refractivity contribution in [1.82, 2.24) is 0 Å². The number of nitrogens with one attached hydrogen (secondary N) is 1. The van der Waals surface area contributed by atoms with Crippen LogP contribution in [0.1, 0.15) is 13.8 Å². The second kappa shape index (κ2) is 7.76. The van der Waals surface area contributed by atoms with Gasteiger partial charge in [0.15, 0.2) is 0 Å². The van der Waals surface area contributed by atoms with Crippen molar-refractivity contribution in [3.63, 3.8) is 0 Å². The lowest BCUT2D eigenvalue weighted by Crippen LogP contribution is -2.31. The van der Waals surface area contributed by atoms with Gasteiger partial charge in [0.2, 0.25) is 5.91 Å². The van der Waals surface area contributed by atoms with Gasteiger partial charge in [-0.3, -0.25) is 9.10 Å². The molecule has 2 aromatic rings. The number of carbonyl (C=O) groups is 1. The maximum absolute atomic E-state index is 13.0. The van der Waals surface area contributed by atoms with E-state index in [2.05, 4.69) is 5.32 Å². The summed E-state index contributed by atoms with van der Waals surface area (Å²) in [6.45, 7) is 3.31. The molecule has 0 fully saturated rings. The van der Waals surface area contributed by atoms with Crippen molar-refractivity contribution in [2.75, 3.05) is 23.3 Å². The molecule has 0 atom stereocenters. The van der Waals surface area contributed by atoms with Crippen LogP contribution in [0.15, 0.2) is 47.4 Å². The molecule has 0 aromatic heterocycles. The number of nitrogens with zero attached hydrogens (tertiary/aromatic N) is 1. The van der Waals surface area contributed by atoms with Gasteiger partial charge in [0.25, 0.3) is 10.0 Å². The van der Waals surface area contributed by atoms with E-state index >= 15 is 0 Å². The van der Waals surface area contributed by atoms with Gasteiger partial charge in [-0.05, 0) is 49.4 Å². The first-order valence-corrected chi connectivity index (χ1v) is 9.35. The fraction of sp³-hybridized carbons (Fsp3) is 0.235. The summed E-state index contributed by atoms with van der Waals surface area (Å²) in [7, 11) is -2.35. The number of benzene rings is 2. The molecule has 0 saturated carbocycles. The number of hydrogen-bond donors (Lipinski definition) is 1. The Morgan fingerprint density at radius 2 is 1.84 bits per heavy atom. The molecular formula is C17H19ClN2O4S. The van der Waals surface area contributed by atoms with Gasteiger partial charge in [-0.25, -0.2) is 8.42 Å². The maximum atomic E-state index is 13.0. The Morgan fingerprint density at radius 3 is 2.36 bits per heavy atom. The van der Waals surface area contributed by atoms with Gasteiger partial charge >= 0.3 is 0 Å². The van der Waals surface area contributed by atoms with E-state index < -0.39 is 10.0 Å². The Balaban J connectivity index is 2.45. The van der Waals surface area contributed by atoms with E-state index in [9.17, 15) is 13.2 Å². The van der Waals surface area contributed by atoms with E-state index in [0.29, 0.717) is 22.1 Å². The molecule has 2 rings (SSSR count). The van der Waals surface area contributed by atoms with Crippen LogP contribution in [-0.2, 0) is 14.8 Å². The van der Waals surface area contributed by atoms with Crippen LogP contribution in [0.3, 0.4) is 0 Å². The summed E-state index contributed by atoms with van der Waals surface area (Å²) in [4.78, 5) is 11.2.